The molecule has 6 aliphatic rings. The van der Waals surface area contributed by atoms with Crippen molar-refractivity contribution in [3.8, 4) is 0 Å². The second kappa shape index (κ2) is 4.44. The van der Waals surface area contributed by atoms with Crippen molar-refractivity contribution in [3.05, 3.63) is 0 Å². The summed E-state index contributed by atoms with van der Waals surface area (Å²) < 4.78 is 17.7. The van der Waals surface area contributed by atoms with Gasteiger partial charge in [0.15, 0.2) is 0 Å². The Kier molecular flexibility index (Phi) is 2.74. The average molecular weight is 346 g/mol. The molecule has 6 rings (SSSR count). The van der Waals surface area contributed by atoms with E-state index in [1.165, 1.54) is 39.0 Å². The van der Waals surface area contributed by atoms with E-state index in [1.54, 1.807) is 0 Å². The first-order chi connectivity index (χ1) is 11.9. The van der Waals surface area contributed by atoms with Gasteiger partial charge in [-0.2, -0.15) is 0 Å². The van der Waals surface area contributed by atoms with Crippen LogP contribution < -0.4 is 0 Å². The van der Waals surface area contributed by atoms with E-state index in [0.717, 1.165) is 30.6 Å². The smallest absolute Gasteiger partial charge is 0.305 e. The highest BCUT2D eigenvalue weighted by Crippen LogP contribution is 2.74. The van der Waals surface area contributed by atoms with Crippen LogP contribution in [0.25, 0.3) is 0 Å². The Labute approximate surface area is 150 Å². The van der Waals surface area contributed by atoms with Gasteiger partial charge in [0.1, 0.15) is 6.10 Å². The maximum absolute atomic E-state index is 11.7. The summed E-state index contributed by atoms with van der Waals surface area (Å²) in [4.78, 5) is 11.7. The zero-order valence-electron chi connectivity index (χ0n) is 15.6. The van der Waals surface area contributed by atoms with E-state index in [9.17, 15) is 4.79 Å². The van der Waals surface area contributed by atoms with Gasteiger partial charge in [0, 0.05) is 12.3 Å². The number of carbonyl (C=O) groups excluding carboxylic acids is 1. The summed E-state index contributed by atoms with van der Waals surface area (Å²) in [7, 11) is 0. The molecule has 2 saturated heterocycles. The van der Waals surface area contributed by atoms with Gasteiger partial charge in [-0.25, -0.2) is 0 Å². The highest BCUT2D eigenvalue weighted by Gasteiger charge is 2.80. The first kappa shape index (κ1) is 15.4. The molecule has 2 aliphatic heterocycles. The zero-order chi connectivity index (χ0) is 17.2. The van der Waals surface area contributed by atoms with Crippen LogP contribution in [-0.2, 0) is 19.0 Å². The number of hydrogen-bond acceptors (Lipinski definition) is 4. The van der Waals surface area contributed by atoms with Crippen LogP contribution in [0.15, 0.2) is 0 Å². The van der Waals surface area contributed by atoms with Crippen LogP contribution in [0.1, 0.15) is 65.7 Å². The van der Waals surface area contributed by atoms with E-state index in [2.05, 4.69) is 13.8 Å². The van der Waals surface area contributed by atoms with E-state index >= 15 is 0 Å². The van der Waals surface area contributed by atoms with Gasteiger partial charge in [-0.15, -0.1) is 0 Å². The van der Waals surface area contributed by atoms with Gasteiger partial charge in [0.05, 0.1) is 12.2 Å². The first-order valence-corrected chi connectivity index (χ1v) is 10.4. The van der Waals surface area contributed by atoms with Crippen LogP contribution in [0, 0.1) is 34.5 Å². The second-order valence-corrected chi connectivity index (χ2v) is 10.4. The summed E-state index contributed by atoms with van der Waals surface area (Å²) in [5.74, 6) is 2.33. The number of epoxide rings is 2. The Balaban J connectivity index is 1.32. The zero-order valence-corrected chi connectivity index (χ0v) is 15.6. The minimum atomic E-state index is -0.594. The average Bonchev–Trinajstić information content (AvgIpc) is 3.42. The molecule has 4 saturated carbocycles. The van der Waals surface area contributed by atoms with Crippen molar-refractivity contribution in [2.24, 2.45) is 34.5 Å². The molecule has 0 bridgehead atoms. The van der Waals surface area contributed by atoms with Crippen LogP contribution in [0.3, 0.4) is 0 Å². The molecule has 4 nitrogen and oxygen atoms in total. The molecule has 25 heavy (non-hydrogen) atoms. The molecule has 2 heterocycles. The van der Waals surface area contributed by atoms with Crippen LogP contribution in [0.5, 0.6) is 0 Å². The largest absolute Gasteiger partial charge is 0.430 e. The molecule has 138 valence electrons. The lowest BCUT2D eigenvalue weighted by molar-refractivity contribution is -0.198. The second-order valence-electron chi connectivity index (χ2n) is 10.4. The molecule has 0 N–H and O–H groups in total. The van der Waals surface area contributed by atoms with Gasteiger partial charge in [0.25, 0.3) is 0 Å². The van der Waals surface area contributed by atoms with E-state index in [4.69, 9.17) is 14.2 Å². The lowest BCUT2D eigenvalue weighted by Crippen LogP contribution is -2.56. The summed E-state index contributed by atoms with van der Waals surface area (Å²) in [6, 6.07) is 0. The van der Waals surface area contributed by atoms with Gasteiger partial charge in [0.2, 0.25) is 5.79 Å². The van der Waals surface area contributed by atoms with Crippen molar-refractivity contribution >= 4 is 5.97 Å². The number of fused-ring (bicyclic) bond motifs is 8. The van der Waals surface area contributed by atoms with Gasteiger partial charge in [-0.3, -0.25) is 4.79 Å². The minimum absolute atomic E-state index is 0.0149. The lowest BCUT2D eigenvalue weighted by atomic mass is 9.45. The molecule has 4 aliphatic carbocycles. The normalized spacial score (nSPS) is 63.4. The Morgan fingerprint density at radius 3 is 2.72 bits per heavy atom. The highest BCUT2D eigenvalue weighted by molar-refractivity contribution is 5.67. The number of esters is 1. The van der Waals surface area contributed by atoms with E-state index in [0.29, 0.717) is 23.5 Å². The van der Waals surface area contributed by atoms with Gasteiger partial charge < -0.3 is 14.2 Å². The Hall–Kier alpha value is -0.610. The summed E-state index contributed by atoms with van der Waals surface area (Å²) >= 11 is 0. The van der Waals surface area contributed by atoms with Crippen LogP contribution in [0.4, 0.5) is 0 Å². The molecule has 6 fully saturated rings. The third kappa shape index (κ3) is 1.74. The Morgan fingerprint density at radius 2 is 1.92 bits per heavy atom. The predicted molar refractivity (Wildman–Crippen MR) is 90.5 cm³/mol. The minimum Gasteiger partial charge on any atom is -0.430 e. The quantitative estimate of drug-likeness (QED) is 0.537. The number of ether oxygens (including phenoxy) is 3. The molecule has 0 spiro atoms. The molecule has 0 radical (unpaired) electrons. The van der Waals surface area contributed by atoms with Crippen molar-refractivity contribution in [1.29, 1.82) is 0 Å². The standard InChI is InChI=1S/C21H30O4/c1-11(22)24-21-18(25-21)9-15-13-5-4-12-8-16-17(23-16)10-19(12,2)14(13)6-7-20(15,21)3/h12-18H,4-10H2,1-3H3/t12-,13+,14-,15-,16-,17+,18+,19-,20-,21+/m1/s1. The van der Waals surface area contributed by atoms with Crippen molar-refractivity contribution in [3.63, 3.8) is 0 Å². The SMILES string of the molecule is CC(=O)O[C@]12O[C@H]1C[C@@H]1[C@H]3CC[C@@H]4C[C@H]5O[C@H]5C[C@@]4(C)[C@@H]3CC[C@]12C. The predicted octanol–water partition coefficient (Wildman–Crippen LogP) is 3.67. The molecule has 10 atom stereocenters. The van der Waals surface area contributed by atoms with E-state index in [-0.39, 0.29) is 17.5 Å². The summed E-state index contributed by atoms with van der Waals surface area (Å²) in [6.07, 6.45) is 10.1. The Morgan fingerprint density at radius 1 is 1.08 bits per heavy atom. The molecular formula is C21H30O4. The fraction of sp³-hybridized carbons (Fsp3) is 0.952. The summed E-state index contributed by atoms with van der Waals surface area (Å²) in [5.41, 5.74) is 0.477. The fourth-order valence-electron chi connectivity index (χ4n) is 8.24. The van der Waals surface area contributed by atoms with Crippen LogP contribution in [0.2, 0.25) is 0 Å². The van der Waals surface area contributed by atoms with Crippen LogP contribution >= 0.6 is 0 Å². The van der Waals surface area contributed by atoms with Crippen molar-refractivity contribution < 1.29 is 19.0 Å². The number of hydrogen-bond donors (Lipinski definition) is 0. The monoisotopic (exact) mass is 346 g/mol. The molecule has 0 unspecified atom stereocenters. The third-order valence-corrected chi connectivity index (χ3v) is 9.54. The molecule has 0 aromatic heterocycles. The Bertz CT molecular complexity index is 648. The molecular weight excluding hydrogens is 316 g/mol. The van der Waals surface area contributed by atoms with Crippen molar-refractivity contribution in [2.45, 2.75) is 89.8 Å². The van der Waals surface area contributed by atoms with E-state index < -0.39 is 5.79 Å². The molecule has 0 aromatic rings. The first-order valence-electron chi connectivity index (χ1n) is 10.4. The van der Waals surface area contributed by atoms with Gasteiger partial charge in [-0.1, -0.05) is 13.8 Å². The molecule has 0 amide bonds. The maximum atomic E-state index is 11.7. The number of rotatable bonds is 1. The fourth-order valence-corrected chi connectivity index (χ4v) is 8.24. The third-order valence-electron chi connectivity index (χ3n) is 9.54. The maximum Gasteiger partial charge on any atom is 0.305 e. The molecule has 0 aromatic carbocycles. The lowest BCUT2D eigenvalue weighted by Gasteiger charge is -2.60. The highest BCUT2D eigenvalue weighted by atomic mass is 16.8. The van der Waals surface area contributed by atoms with Crippen molar-refractivity contribution in [1.82, 2.24) is 0 Å². The van der Waals surface area contributed by atoms with Crippen LogP contribution in [-0.4, -0.2) is 30.1 Å². The summed E-state index contributed by atoms with van der Waals surface area (Å²) in [5, 5.41) is 0. The summed E-state index contributed by atoms with van der Waals surface area (Å²) in [6.45, 7) is 6.44. The van der Waals surface area contributed by atoms with Gasteiger partial charge >= 0.3 is 5.97 Å². The van der Waals surface area contributed by atoms with Crippen molar-refractivity contribution in [2.75, 3.05) is 0 Å². The topological polar surface area (TPSA) is 51.4 Å². The molecule has 4 heteroatoms. The number of carbonyl (C=O) groups is 1. The van der Waals surface area contributed by atoms with Gasteiger partial charge in [-0.05, 0) is 74.0 Å². The van der Waals surface area contributed by atoms with E-state index in [1.807, 2.05) is 0 Å².